The molecule has 1 unspecified atom stereocenters. The van der Waals surface area contributed by atoms with Gasteiger partial charge in [-0.3, -0.25) is 5.41 Å². The third-order valence-corrected chi connectivity index (χ3v) is 3.86. The number of nitrogens with one attached hydrogen (secondary N) is 1. The van der Waals surface area contributed by atoms with Gasteiger partial charge < -0.3 is 9.84 Å². The van der Waals surface area contributed by atoms with Crippen LogP contribution >= 0.6 is 0 Å². The van der Waals surface area contributed by atoms with Crippen LogP contribution in [0.4, 0.5) is 0 Å². The lowest BCUT2D eigenvalue weighted by molar-refractivity contribution is 0.219. The van der Waals surface area contributed by atoms with E-state index >= 15 is 0 Å². The van der Waals surface area contributed by atoms with Gasteiger partial charge in [-0.05, 0) is 23.6 Å². The van der Waals surface area contributed by atoms with E-state index in [2.05, 4.69) is 6.92 Å². The average molecular weight is 311 g/mol. The highest BCUT2D eigenvalue weighted by atomic mass is 16.5. The SMILES string of the molecule is CCCCCCOC(=N)c1ccccc1C(O)c1ccccc1. The van der Waals surface area contributed by atoms with Gasteiger partial charge >= 0.3 is 0 Å². The summed E-state index contributed by atoms with van der Waals surface area (Å²) >= 11 is 0. The van der Waals surface area contributed by atoms with Crippen molar-refractivity contribution in [2.24, 2.45) is 0 Å². The molecule has 0 bridgehead atoms. The van der Waals surface area contributed by atoms with Crippen LogP contribution in [0.15, 0.2) is 54.6 Å². The van der Waals surface area contributed by atoms with Crippen molar-refractivity contribution in [1.29, 1.82) is 5.41 Å². The quantitative estimate of drug-likeness (QED) is 0.422. The molecule has 2 aromatic carbocycles. The molecule has 0 fully saturated rings. The molecule has 0 aliphatic carbocycles. The Morgan fingerprint density at radius 3 is 2.43 bits per heavy atom. The summed E-state index contributed by atoms with van der Waals surface area (Å²) in [6.45, 7) is 2.72. The van der Waals surface area contributed by atoms with Gasteiger partial charge in [0, 0.05) is 5.56 Å². The van der Waals surface area contributed by atoms with E-state index in [-0.39, 0.29) is 5.90 Å². The Balaban J connectivity index is 2.06. The van der Waals surface area contributed by atoms with Crippen LogP contribution < -0.4 is 0 Å². The van der Waals surface area contributed by atoms with Gasteiger partial charge in [-0.2, -0.15) is 0 Å². The highest BCUT2D eigenvalue weighted by molar-refractivity contribution is 5.93. The van der Waals surface area contributed by atoms with E-state index in [0.29, 0.717) is 17.7 Å². The number of aliphatic hydroxyl groups excluding tert-OH is 1. The maximum Gasteiger partial charge on any atom is 0.213 e. The van der Waals surface area contributed by atoms with Crippen molar-refractivity contribution in [3.05, 3.63) is 71.3 Å². The summed E-state index contributed by atoms with van der Waals surface area (Å²) in [6, 6.07) is 16.9. The van der Waals surface area contributed by atoms with Gasteiger partial charge in [-0.1, -0.05) is 74.7 Å². The van der Waals surface area contributed by atoms with Gasteiger partial charge in [0.25, 0.3) is 0 Å². The van der Waals surface area contributed by atoms with Gasteiger partial charge in [-0.25, -0.2) is 0 Å². The van der Waals surface area contributed by atoms with Crippen molar-refractivity contribution in [3.8, 4) is 0 Å². The van der Waals surface area contributed by atoms with E-state index in [1.165, 1.54) is 12.8 Å². The standard InChI is InChI=1S/C20H25NO2/c1-2-3-4-10-15-23-20(21)18-14-9-8-13-17(18)19(22)16-11-6-5-7-12-16/h5-9,11-14,19,21-22H,2-4,10,15H2,1H3. The summed E-state index contributed by atoms with van der Waals surface area (Å²) in [5, 5.41) is 18.8. The Morgan fingerprint density at radius 2 is 1.70 bits per heavy atom. The maximum absolute atomic E-state index is 10.6. The average Bonchev–Trinajstić information content (AvgIpc) is 2.61. The van der Waals surface area contributed by atoms with E-state index in [1.807, 2.05) is 54.6 Å². The minimum absolute atomic E-state index is 0.132. The van der Waals surface area contributed by atoms with Gasteiger partial charge in [0.15, 0.2) is 0 Å². The van der Waals surface area contributed by atoms with Crippen LogP contribution in [0.1, 0.15) is 55.4 Å². The van der Waals surface area contributed by atoms with Crippen molar-refractivity contribution in [2.75, 3.05) is 6.61 Å². The van der Waals surface area contributed by atoms with E-state index in [1.54, 1.807) is 0 Å². The lowest BCUT2D eigenvalue weighted by Crippen LogP contribution is -2.12. The molecule has 2 N–H and O–H groups in total. The topological polar surface area (TPSA) is 53.3 Å². The van der Waals surface area contributed by atoms with Gasteiger partial charge in [-0.15, -0.1) is 0 Å². The van der Waals surface area contributed by atoms with Gasteiger partial charge in [0.05, 0.1) is 6.61 Å². The molecule has 0 aliphatic rings. The molecule has 0 spiro atoms. The first-order chi connectivity index (χ1) is 11.2. The summed E-state index contributed by atoms with van der Waals surface area (Å²) in [5.41, 5.74) is 2.17. The van der Waals surface area contributed by atoms with E-state index in [9.17, 15) is 5.11 Å². The molecule has 3 heteroatoms. The van der Waals surface area contributed by atoms with Crippen LogP contribution in [0.3, 0.4) is 0 Å². The number of unbranched alkanes of at least 4 members (excludes halogenated alkanes) is 3. The molecular weight excluding hydrogens is 286 g/mol. The molecule has 0 aromatic heterocycles. The summed E-state index contributed by atoms with van der Waals surface area (Å²) in [6.07, 6.45) is 3.71. The van der Waals surface area contributed by atoms with Crippen LogP contribution in [0.25, 0.3) is 0 Å². The Labute approximate surface area is 138 Å². The zero-order valence-electron chi connectivity index (χ0n) is 13.7. The van der Waals surface area contributed by atoms with Gasteiger partial charge in [0.2, 0.25) is 5.90 Å². The minimum Gasteiger partial charge on any atom is -0.478 e. The Kier molecular flexibility index (Phi) is 6.82. The molecule has 3 nitrogen and oxygen atoms in total. The van der Waals surface area contributed by atoms with Crippen molar-refractivity contribution < 1.29 is 9.84 Å². The zero-order valence-corrected chi connectivity index (χ0v) is 13.7. The third kappa shape index (κ3) is 4.93. The normalized spacial score (nSPS) is 11.9. The molecule has 0 saturated heterocycles. The smallest absolute Gasteiger partial charge is 0.213 e. The van der Waals surface area contributed by atoms with Crippen LogP contribution in [0.2, 0.25) is 0 Å². The van der Waals surface area contributed by atoms with Crippen molar-refractivity contribution in [1.82, 2.24) is 0 Å². The predicted octanol–water partition coefficient (Wildman–Crippen LogP) is 4.69. The summed E-state index contributed by atoms with van der Waals surface area (Å²) < 4.78 is 5.57. The molecule has 2 aromatic rings. The molecular formula is C20H25NO2. The molecule has 23 heavy (non-hydrogen) atoms. The number of hydrogen-bond donors (Lipinski definition) is 2. The predicted molar refractivity (Wildman–Crippen MR) is 93.9 cm³/mol. The zero-order chi connectivity index (χ0) is 16.5. The minimum atomic E-state index is -0.753. The lowest BCUT2D eigenvalue weighted by Gasteiger charge is -2.17. The van der Waals surface area contributed by atoms with E-state index in [0.717, 1.165) is 18.4 Å². The second-order valence-corrected chi connectivity index (χ2v) is 5.64. The summed E-state index contributed by atoms with van der Waals surface area (Å²) in [4.78, 5) is 0. The molecule has 0 saturated carbocycles. The molecule has 2 rings (SSSR count). The van der Waals surface area contributed by atoms with Crippen molar-refractivity contribution >= 4 is 5.90 Å². The molecule has 122 valence electrons. The number of benzene rings is 2. The molecule has 0 aliphatic heterocycles. The lowest BCUT2D eigenvalue weighted by atomic mass is 9.97. The molecule has 0 radical (unpaired) electrons. The number of hydrogen-bond acceptors (Lipinski definition) is 3. The molecule has 0 heterocycles. The second-order valence-electron chi connectivity index (χ2n) is 5.64. The monoisotopic (exact) mass is 311 g/mol. The number of aliphatic hydroxyl groups is 1. The van der Waals surface area contributed by atoms with Crippen LogP contribution in [0, 0.1) is 5.41 Å². The first kappa shape index (κ1) is 17.2. The highest BCUT2D eigenvalue weighted by Crippen LogP contribution is 2.25. The van der Waals surface area contributed by atoms with E-state index < -0.39 is 6.10 Å². The fourth-order valence-electron chi connectivity index (χ4n) is 2.54. The summed E-state index contributed by atoms with van der Waals surface area (Å²) in [5.74, 6) is 0.132. The first-order valence-corrected chi connectivity index (χ1v) is 8.27. The van der Waals surface area contributed by atoms with Crippen molar-refractivity contribution in [3.63, 3.8) is 0 Å². The number of rotatable bonds is 8. The highest BCUT2D eigenvalue weighted by Gasteiger charge is 2.17. The molecule has 1 atom stereocenters. The largest absolute Gasteiger partial charge is 0.478 e. The first-order valence-electron chi connectivity index (χ1n) is 8.27. The second kappa shape index (κ2) is 9.11. The Hall–Kier alpha value is -2.13. The third-order valence-electron chi connectivity index (χ3n) is 3.86. The maximum atomic E-state index is 10.6. The van der Waals surface area contributed by atoms with Crippen LogP contribution in [0.5, 0.6) is 0 Å². The van der Waals surface area contributed by atoms with Gasteiger partial charge in [0.1, 0.15) is 6.10 Å². The van der Waals surface area contributed by atoms with E-state index in [4.69, 9.17) is 10.1 Å². The Bertz CT molecular complexity index is 610. The fourth-order valence-corrected chi connectivity index (χ4v) is 2.54. The Morgan fingerprint density at radius 1 is 1.00 bits per heavy atom. The van der Waals surface area contributed by atoms with Crippen LogP contribution in [-0.2, 0) is 4.74 Å². The van der Waals surface area contributed by atoms with Crippen molar-refractivity contribution in [2.45, 2.75) is 38.7 Å². The number of ether oxygens (including phenoxy) is 1. The van der Waals surface area contributed by atoms with Crippen LogP contribution in [-0.4, -0.2) is 17.6 Å². The fraction of sp³-hybridized carbons (Fsp3) is 0.350. The molecule has 0 amide bonds. The summed E-state index contributed by atoms with van der Waals surface area (Å²) in [7, 11) is 0.